The van der Waals surface area contributed by atoms with Crippen LogP contribution in [0.2, 0.25) is 5.02 Å². The molecular formula is C23H26ClNO5S. The molecule has 0 radical (unpaired) electrons. The first-order chi connectivity index (χ1) is 14.9. The van der Waals surface area contributed by atoms with E-state index in [1.807, 2.05) is 13.0 Å². The van der Waals surface area contributed by atoms with Crippen LogP contribution in [0.15, 0.2) is 53.0 Å². The molecular weight excluding hydrogens is 438 g/mol. The summed E-state index contributed by atoms with van der Waals surface area (Å²) in [5, 5.41) is 32.4. The van der Waals surface area contributed by atoms with E-state index in [0.717, 1.165) is 17.1 Å². The molecule has 2 aromatic rings. The van der Waals surface area contributed by atoms with Crippen LogP contribution in [0.1, 0.15) is 36.5 Å². The molecule has 6 nitrogen and oxygen atoms in total. The van der Waals surface area contributed by atoms with Crippen LogP contribution in [0.3, 0.4) is 0 Å². The Balaban J connectivity index is 1.96. The van der Waals surface area contributed by atoms with Gasteiger partial charge in [-0.15, -0.1) is 18.3 Å². The number of carboxylic acid groups (broad SMARTS) is 1. The van der Waals surface area contributed by atoms with Crippen molar-refractivity contribution >= 4 is 35.0 Å². The number of halogens is 1. The number of phenols is 1. The van der Waals surface area contributed by atoms with Gasteiger partial charge < -0.3 is 20.2 Å². The smallest absolute Gasteiger partial charge is 0.307 e. The first kappa shape index (κ1) is 24.6. The third-order valence-corrected chi connectivity index (χ3v) is 6.09. The number of benzene rings is 2. The predicted octanol–water partition coefficient (Wildman–Crippen LogP) is 5.55. The van der Waals surface area contributed by atoms with E-state index >= 15 is 0 Å². The van der Waals surface area contributed by atoms with E-state index in [1.54, 1.807) is 42.1 Å². The second-order valence-electron chi connectivity index (χ2n) is 6.72. The van der Waals surface area contributed by atoms with Gasteiger partial charge in [0.1, 0.15) is 11.5 Å². The predicted molar refractivity (Wildman–Crippen MR) is 124 cm³/mol. The zero-order valence-corrected chi connectivity index (χ0v) is 18.9. The van der Waals surface area contributed by atoms with E-state index in [-0.39, 0.29) is 12.2 Å². The van der Waals surface area contributed by atoms with Gasteiger partial charge in [-0.05, 0) is 49.1 Å². The highest BCUT2D eigenvalue weighted by atomic mass is 35.5. The van der Waals surface area contributed by atoms with E-state index in [4.69, 9.17) is 26.7 Å². The number of carbonyl (C=O) groups is 1. The number of aliphatic carboxylic acids is 1. The average Bonchev–Trinajstić information content (AvgIpc) is 2.73. The Bertz CT molecular complexity index is 961. The fourth-order valence-corrected chi connectivity index (χ4v) is 4.22. The second kappa shape index (κ2) is 12.3. The highest BCUT2D eigenvalue weighted by Crippen LogP contribution is 2.34. The molecule has 0 saturated heterocycles. The molecule has 2 rings (SSSR count). The summed E-state index contributed by atoms with van der Waals surface area (Å²) < 4.78 is 5.88. The topological polar surface area (TPSA) is 99.4 Å². The molecule has 8 heteroatoms. The van der Waals surface area contributed by atoms with Crippen LogP contribution in [-0.4, -0.2) is 39.5 Å². The second-order valence-corrected chi connectivity index (χ2v) is 8.26. The lowest BCUT2D eigenvalue weighted by atomic mass is 10.0. The Hall–Kier alpha value is -2.64. The maximum atomic E-state index is 10.8. The van der Waals surface area contributed by atoms with Crippen molar-refractivity contribution in [2.24, 2.45) is 5.16 Å². The molecule has 0 aliphatic heterocycles. The summed E-state index contributed by atoms with van der Waals surface area (Å²) in [6.45, 7) is 6.02. The minimum Gasteiger partial charge on any atom is -0.507 e. The fourth-order valence-electron chi connectivity index (χ4n) is 3.01. The van der Waals surface area contributed by atoms with E-state index in [2.05, 4.69) is 11.7 Å². The number of ether oxygens (including phenoxy) is 1. The number of carboxylic acids is 1. The van der Waals surface area contributed by atoms with Crippen molar-refractivity contribution < 1.29 is 25.0 Å². The van der Waals surface area contributed by atoms with Gasteiger partial charge in [-0.25, -0.2) is 0 Å². The lowest BCUT2D eigenvalue weighted by Gasteiger charge is -2.15. The molecule has 0 aromatic heterocycles. The van der Waals surface area contributed by atoms with E-state index in [0.29, 0.717) is 52.6 Å². The quantitative estimate of drug-likeness (QED) is 0.0952. The van der Waals surface area contributed by atoms with Crippen LogP contribution in [0, 0.1) is 0 Å². The first-order valence-electron chi connectivity index (χ1n) is 9.84. The van der Waals surface area contributed by atoms with Crippen LogP contribution in [0.4, 0.5) is 0 Å². The number of phenolic OH excluding ortho intramolecular Hbond substituents is 1. The van der Waals surface area contributed by atoms with Crippen LogP contribution in [0.25, 0.3) is 0 Å². The standard InChI is InChI=1S/C23H26ClNO5S/c1-3-6-17-20(9-8-16(23(17)28)19(4-2)25-29)30-11-5-12-31-21-10-7-15(13-18(21)24)14-22(26)27/h3,7-10,13,28-29H,1,4-6,11-12,14H2,2H3,(H,26,27). The normalized spacial score (nSPS) is 11.4. The molecule has 0 spiro atoms. The van der Waals surface area contributed by atoms with Gasteiger partial charge in [0.2, 0.25) is 0 Å². The molecule has 0 amide bonds. The molecule has 3 N–H and O–H groups in total. The maximum Gasteiger partial charge on any atom is 0.307 e. The van der Waals surface area contributed by atoms with Crippen molar-refractivity contribution in [1.82, 2.24) is 0 Å². The van der Waals surface area contributed by atoms with Crippen molar-refractivity contribution in [3.63, 3.8) is 0 Å². The highest BCUT2D eigenvalue weighted by Gasteiger charge is 2.16. The summed E-state index contributed by atoms with van der Waals surface area (Å²) in [6.07, 6.45) is 3.27. The highest BCUT2D eigenvalue weighted by molar-refractivity contribution is 7.99. The van der Waals surface area contributed by atoms with Gasteiger partial charge in [0, 0.05) is 21.8 Å². The average molecular weight is 464 g/mol. The fraction of sp³-hybridized carbons (Fsp3) is 0.304. The number of allylic oxidation sites excluding steroid dienone is 1. The molecule has 0 aliphatic rings. The lowest BCUT2D eigenvalue weighted by Crippen LogP contribution is -2.05. The van der Waals surface area contributed by atoms with Crippen LogP contribution >= 0.6 is 23.4 Å². The van der Waals surface area contributed by atoms with Gasteiger partial charge in [-0.1, -0.05) is 35.8 Å². The van der Waals surface area contributed by atoms with Crippen LogP contribution in [-0.2, 0) is 17.6 Å². The molecule has 31 heavy (non-hydrogen) atoms. The molecule has 0 saturated carbocycles. The minimum absolute atomic E-state index is 0.0367. The molecule has 0 aliphatic carbocycles. The molecule has 166 valence electrons. The summed E-state index contributed by atoms with van der Waals surface area (Å²) in [5.41, 5.74) is 2.15. The van der Waals surface area contributed by atoms with Gasteiger partial charge in [-0.2, -0.15) is 0 Å². The molecule has 0 bridgehead atoms. The van der Waals surface area contributed by atoms with Crippen molar-refractivity contribution in [2.75, 3.05) is 12.4 Å². The number of oxime groups is 1. The maximum absolute atomic E-state index is 10.8. The summed E-state index contributed by atoms with van der Waals surface area (Å²) in [5.74, 6) is 0.471. The van der Waals surface area contributed by atoms with Crippen molar-refractivity contribution in [2.45, 2.75) is 37.5 Å². The first-order valence-corrected chi connectivity index (χ1v) is 11.2. The summed E-state index contributed by atoms with van der Waals surface area (Å²) in [6, 6.07) is 8.73. The molecule has 0 fully saturated rings. The third-order valence-electron chi connectivity index (χ3n) is 4.51. The lowest BCUT2D eigenvalue weighted by molar-refractivity contribution is -0.136. The van der Waals surface area contributed by atoms with E-state index in [1.165, 1.54) is 0 Å². The van der Waals surface area contributed by atoms with E-state index in [9.17, 15) is 9.90 Å². The largest absolute Gasteiger partial charge is 0.507 e. The van der Waals surface area contributed by atoms with Crippen LogP contribution in [0.5, 0.6) is 11.5 Å². The Morgan fingerprint density at radius 2 is 2.10 bits per heavy atom. The SMILES string of the molecule is C=CCc1c(OCCCSc2ccc(CC(=O)O)cc2Cl)ccc(C(CC)=NO)c1O. The van der Waals surface area contributed by atoms with Gasteiger partial charge in [-0.3, -0.25) is 4.79 Å². The van der Waals surface area contributed by atoms with Gasteiger partial charge in [0.05, 0.1) is 23.8 Å². The number of hydrogen-bond acceptors (Lipinski definition) is 6. The Kier molecular flexibility index (Phi) is 9.75. The minimum atomic E-state index is -0.891. The Morgan fingerprint density at radius 3 is 2.71 bits per heavy atom. The van der Waals surface area contributed by atoms with Crippen LogP contribution < -0.4 is 4.74 Å². The zero-order valence-electron chi connectivity index (χ0n) is 17.3. The monoisotopic (exact) mass is 463 g/mol. The van der Waals surface area contributed by atoms with Gasteiger partial charge >= 0.3 is 5.97 Å². The van der Waals surface area contributed by atoms with Crippen molar-refractivity contribution in [1.29, 1.82) is 0 Å². The summed E-state index contributed by atoms with van der Waals surface area (Å²) in [4.78, 5) is 11.7. The number of aromatic hydroxyl groups is 1. The summed E-state index contributed by atoms with van der Waals surface area (Å²) >= 11 is 7.82. The molecule has 2 aromatic carbocycles. The summed E-state index contributed by atoms with van der Waals surface area (Å²) in [7, 11) is 0. The number of nitrogens with zero attached hydrogens (tertiary/aromatic N) is 1. The van der Waals surface area contributed by atoms with Crippen molar-refractivity contribution in [3.8, 4) is 11.5 Å². The van der Waals surface area contributed by atoms with Gasteiger partial charge in [0.15, 0.2) is 0 Å². The van der Waals surface area contributed by atoms with E-state index < -0.39 is 5.97 Å². The number of rotatable bonds is 12. The molecule has 0 atom stereocenters. The molecule has 0 unspecified atom stereocenters. The number of thioether (sulfide) groups is 1. The zero-order chi connectivity index (χ0) is 22.8. The molecule has 0 heterocycles. The third kappa shape index (κ3) is 6.94. The number of hydrogen-bond donors (Lipinski definition) is 3. The van der Waals surface area contributed by atoms with Crippen molar-refractivity contribution in [3.05, 3.63) is 64.7 Å². The Morgan fingerprint density at radius 1 is 1.32 bits per heavy atom. The van der Waals surface area contributed by atoms with Gasteiger partial charge in [0.25, 0.3) is 0 Å². The Labute approximate surface area is 191 Å².